The van der Waals surface area contributed by atoms with Gasteiger partial charge in [-0.1, -0.05) is 15.9 Å². The molecular formula is C9H12BrNO3. The number of methoxy groups -OCH3 is 1. The number of ether oxygens (including phenoxy) is 1. The zero-order valence-corrected chi connectivity index (χ0v) is 9.37. The first-order valence-electron chi connectivity index (χ1n) is 4.06. The van der Waals surface area contributed by atoms with E-state index in [9.17, 15) is 5.11 Å². The van der Waals surface area contributed by atoms with Crippen LogP contribution >= 0.6 is 15.9 Å². The lowest BCUT2D eigenvalue weighted by atomic mass is 10.1. The van der Waals surface area contributed by atoms with Gasteiger partial charge in [0.2, 0.25) is 0 Å². The Morgan fingerprint density at radius 3 is 2.79 bits per heavy atom. The Labute approximate surface area is 90.7 Å². The van der Waals surface area contributed by atoms with Crippen molar-refractivity contribution in [1.82, 2.24) is 0 Å². The fourth-order valence-corrected chi connectivity index (χ4v) is 1.72. The molecule has 78 valence electrons. The van der Waals surface area contributed by atoms with Gasteiger partial charge in [0.25, 0.3) is 0 Å². The summed E-state index contributed by atoms with van der Waals surface area (Å²) in [4.78, 5) is 4.48. The monoisotopic (exact) mass is 261 g/mol. The molecule has 0 atom stereocenters. The predicted octanol–water partition coefficient (Wildman–Crippen LogP) is 1.60. The Balaban J connectivity index is 3.03. The van der Waals surface area contributed by atoms with Crippen LogP contribution < -0.4 is 10.6 Å². The van der Waals surface area contributed by atoms with Gasteiger partial charge < -0.3 is 14.7 Å². The van der Waals surface area contributed by atoms with Crippen LogP contribution in [0, 0.1) is 0 Å². The Hall–Kier alpha value is -0.780. The van der Waals surface area contributed by atoms with Crippen LogP contribution in [0.3, 0.4) is 0 Å². The van der Waals surface area contributed by atoms with Gasteiger partial charge in [0.05, 0.1) is 13.7 Å². The van der Waals surface area contributed by atoms with Crippen molar-refractivity contribution < 1.29 is 14.7 Å². The largest absolute Gasteiger partial charge is 0.504 e. The topological polar surface area (TPSA) is 64.7 Å². The molecule has 0 amide bonds. The maximum Gasteiger partial charge on any atom is 0.164 e. The van der Waals surface area contributed by atoms with Gasteiger partial charge in [-0.25, -0.2) is 5.90 Å². The van der Waals surface area contributed by atoms with E-state index in [1.807, 2.05) is 0 Å². The number of nitrogens with two attached hydrogens (primary N) is 1. The second-order valence-electron chi connectivity index (χ2n) is 2.70. The number of hydrogen-bond acceptors (Lipinski definition) is 4. The molecular weight excluding hydrogens is 250 g/mol. The molecule has 0 radical (unpaired) electrons. The van der Waals surface area contributed by atoms with E-state index in [-0.39, 0.29) is 5.75 Å². The molecule has 1 rings (SSSR count). The molecule has 0 saturated heterocycles. The highest BCUT2D eigenvalue weighted by Gasteiger charge is 2.11. The first-order chi connectivity index (χ1) is 6.70. The van der Waals surface area contributed by atoms with Crippen molar-refractivity contribution in [3.63, 3.8) is 0 Å². The summed E-state index contributed by atoms with van der Waals surface area (Å²) in [6.45, 7) is 0.373. The first kappa shape index (κ1) is 11.3. The van der Waals surface area contributed by atoms with Gasteiger partial charge in [-0.3, -0.25) is 0 Å². The van der Waals surface area contributed by atoms with Crippen LogP contribution in [-0.2, 0) is 11.3 Å². The third-order valence-corrected chi connectivity index (χ3v) is 2.60. The highest BCUT2D eigenvalue weighted by atomic mass is 79.9. The Kier molecular flexibility index (Phi) is 4.19. The summed E-state index contributed by atoms with van der Waals surface area (Å²) in [7, 11) is 1.51. The molecule has 14 heavy (non-hydrogen) atoms. The average Bonchev–Trinajstić information content (AvgIpc) is 2.19. The molecule has 0 bridgehead atoms. The summed E-state index contributed by atoms with van der Waals surface area (Å²) in [5.41, 5.74) is 0.845. The number of phenols is 1. The van der Waals surface area contributed by atoms with E-state index < -0.39 is 0 Å². The molecule has 0 aromatic heterocycles. The summed E-state index contributed by atoms with van der Waals surface area (Å²) in [6.07, 6.45) is 0.578. The predicted molar refractivity (Wildman–Crippen MR) is 56.2 cm³/mol. The standard InChI is InChI=1S/C9H12BrNO3/c1-13-9-6(4-5-14-11)7(10)2-3-8(9)12/h2-3,12H,4-5,11H2,1H3. The lowest BCUT2D eigenvalue weighted by Gasteiger charge is -2.11. The van der Waals surface area contributed by atoms with Gasteiger partial charge in [0.1, 0.15) is 0 Å². The lowest BCUT2D eigenvalue weighted by molar-refractivity contribution is 0.140. The molecule has 0 spiro atoms. The molecule has 0 heterocycles. The van der Waals surface area contributed by atoms with E-state index in [1.165, 1.54) is 7.11 Å². The molecule has 0 aliphatic rings. The van der Waals surface area contributed by atoms with Crippen molar-refractivity contribution in [2.75, 3.05) is 13.7 Å². The Morgan fingerprint density at radius 2 is 2.21 bits per heavy atom. The summed E-state index contributed by atoms with van der Waals surface area (Å²) in [5, 5.41) is 9.50. The second-order valence-corrected chi connectivity index (χ2v) is 3.55. The first-order valence-corrected chi connectivity index (χ1v) is 4.86. The minimum Gasteiger partial charge on any atom is -0.504 e. The van der Waals surface area contributed by atoms with Crippen LogP contribution in [0.4, 0.5) is 0 Å². The number of hydrogen-bond donors (Lipinski definition) is 2. The van der Waals surface area contributed by atoms with Crippen LogP contribution in [0.25, 0.3) is 0 Å². The zero-order chi connectivity index (χ0) is 10.6. The fourth-order valence-electron chi connectivity index (χ4n) is 1.21. The van der Waals surface area contributed by atoms with Crippen molar-refractivity contribution >= 4 is 15.9 Å². The molecule has 4 nitrogen and oxygen atoms in total. The van der Waals surface area contributed by atoms with E-state index >= 15 is 0 Å². The van der Waals surface area contributed by atoms with Crippen LogP contribution in [0.1, 0.15) is 5.56 Å². The van der Waals surface area contributed by atoms with Gasteiger partial charge in [0, 0.05) is 16.5 Å². The number of phenolic OH excluding ortho intramolecular Hbond substituents is 1. The summed E-state index contributed by atoms with van der Waals surface area (Å²) >= 11 is 3.36. The fraction of sp³-hybridized carbons (Fsp3) is 0.333. The van der Waals surface area contributed by atoms with Gasteiger partial charge in [-0.2, -0.15) is 0 Å². The molecule has 0 saturated carbocycles. The molecule has 0 fully saturated rings. The number of rotatable bonds is 4. The maximum absolute atomic E-state index is 9.50. The SMILES string of the molecule is COc1c(O)ccc(Br)c1CCON. The highest BCUT2D eigenvalue weighted by Crippen LogP contribution is 2.35. The van der Waals surface area contributed by atoms with Crippen LogP contribution in [0.15, 0.2) is 16.6 Å². The minimum absolute atomic E-state index is 0.114. The van der Waals surface area contributed by atoms with E-state index in [0.717, 1.165) is 10.0 Å². The minimum atomic E-state index is 0.114. The molecule has 1 aromatic rings. The summed E-state index contributed by atoms with van der Waals surface area (Å²) < 4.78 is 5.94. The van der Waals surface area contributed by atoms with Crippen molar-refractivity contribution in [1.29, 1.82) is 0 Å². The van der Waals surface area contributed by atoms with Crippen molar-refractivity contribution in [2.24, 2.45) is 5.90 Å². The number of halogens is 1. The lowest BCUT2D eigenvalue weighted by Crippen LogP contribution is -2.05. The average molecular weight is 262 g/mol. The summed E-state index contributed by atoms with van der Waals surface area (Å²) in [5.74, 6) is 5.51. The number of aromatic hydroxyl groups is 1. The van der Waals surface area contributed by atoms with E-state index in [2.05, 4.69) is 20.8 Å². The quantitative estimate of drug-likeness (QED) is 0.809. The van der Waals surface area contributed by atoms with Crippen LogP contribution in [-0.4, -0.2) is 18.8 Å². The molecule has 0 unspecified atom stereocenters. The van der Waals surface area contributed by atoms with Crippen LogP contribution in [0.2, 0.25) is 0 Å². The normalized spacial score (nSPS) is 10.2. The van der Waals surface area contributed by atoms with Gasteiger partial charge in [0.15, 0.2) is 11.5 Å². The molecule has 5 heteroatoms. The highest BCUT2D eigenvalue weighted by molar-refractivity contribution is 9.10. The van der Waals surface area contributed by atoms with Crippen molar-refractivity contribution in [3.8, 4) is 11.5 Å². The number of benzene rings is 1. The van der Waals surface area contributed by atoms with Crippen molar-refractivity contribution in [3.05, 3.63) is 22.2 Å². The van der Waals surface area contributed by atoms with E-state index in [0.29, 0.717) is 18.8 Å². The molecule has 0 aliphatic heterocycles. The molecule has 1 aromatic carbocycles. The van der Waals surface area contributed by atoms with Crippen molar-refractivity contribution in [2.45, 2.75) is 6.42 Å². The molecule has 0 aliphatic carbocycles. The van der Waals surface area contributed by atoms with Gasteiger partial charge in [-0.15, -0.1) is 0 Å². The Morgan fingerprint density at radius 1 is 1.50 bits per heavy atom. The van der Waals surface area contributed by atoms with Crippen LogP contribution in [0.5, 0.6) is 11.5 Å². The van der Waals surface area contributed by atoms with Gasteiger partial charge >= 0.3 is 0 Å². The smallest absolute Gasteiger partial charge is 0.164 e. The third kappa shape index (κ3) is 2.37. The maximum atomic E-state index is 9.50. The molecule has 3 N–H and O–H groups in total. The summed E-state index contributed by atoms with van der Waals surface area (Å²) in [6, 6.07) is 3.32. The van der Waals surface area contributed by atoms with Gasteiger partial charge in [-0.05, 0) is 12.1 Å². The Bertz CT molecular complexity index is 317. The zero-order valence-electron chi connectivity index (χ0n) is 7.79. The second kappa shape index (κ2) is 5.19. The van der Waals surface area contributed by atoms with E-state index in [4.69, 9.17) is 10.6 Å². The van der Waals surface area contributed by atoms with E-state index in [1.54, 1.807) is 12.1 Å². The third-order valence-electron chi connectivity index (χ3n) is 1.86.